The minimum atomic E-state index is 0.521. The van der Waals surface area contributed by atoms with E-state index in [0.717, 1.165) is 16.8 Å². The SMILES string of the molecule is Cc1cc2cccc(CCl)c2nc1C. The third kappa shape index (κ3) is 1.48. The molecule has 14 heavy (non-hydrogen) atoms. The van der Waals surface area contributed by atoms with Crippen LogP contribution in [0.15, 0.2) is 24.3 Å². The van der Waals surface area contributed by atoms with Gasteiger partial charge in [0.2, 0.25) is 0 Å². The van der Waals surface area contributed by atoms with Gasteiger partial charge in [0, 0.05) is 17.0 Å². The lowest BCUT2D eigenvalue weighted by Crippen LogP contribution is -1.91. The van der Waals surface area contributed by atoms with Gasteiger partial charge in [-0.1, -0.05) is 18.2 Å². The van der Waals surface area contributed by atoms with Crippen molar-refractivity contribution in [3.8, 4) is 0 Å². The third-order valence-electron chi connectivity index (χ3n) is 2.52. The van der Waals surface area contributed by atoms with E-state index in [1.54, 1.807) is 0 Å². The Morgan fingerprint density at radius 3 is 2.79 bits per heavy atom. The maximum absolute atomic E-state index is 5.86. The highest BCUT2D eigenvalue weighted by Gasteiger charge is 2.03. The Hall–Kier alpha value is -1.08. The van der Waals surface area contributed by atoms with Crippen molar-refractivity contribution in [2.45, 2.75) is 19.7 Å². The Balaban J connectivity index is 2.81. The number of para-hydroxylation sites is 1. The number of aromatic nitrogens is 1. The predicted octanol–water partition coefficient (Wildman–Crippen LogP) is 3.59. The van der Waals surface area contributed by atoms with E-state index in [2.05, 4.69) is 24.0 Å². The van der Waals surface area contributed by atoms with Gasteiger partial charge in [-0.3, -0.25) is 4.98 Å². The highest BCUT2D eigenvalue weighted by atomic mass is 35.5. The molecule has 0 radical (unpaired) electrons. The molecule has 0 aliphatic carbocycles. The first kappa shape index (κ1) is 9.47. The van der Waals surface area contributed by atoms with E-state index in [-0.39, 0.29) is 0 Å². The van der Waals surface area contributed by atoms with E-state index in [9.17, 15) is 0 Å². The number of benzene rings is 1. The second-order valence-electron chi connectivity index (χ2n) is 3.51. The summed E-state index contributed by atoms with van der Waals surface area (Å²) in [4.78, 5) is 4.56. The molecule has 0 aliphatic rings. The molecule has 0 saturated carbocycles. The average Bonchev–Trinajstić information content (AvgIpc) is 2.19. The Labute approximate surface area is 88.7 Å². The molecule has 0 atom stereocenters. The highest BCUT2D eigenvalue weighted by Crippen LogP contribution is 2.20. The Morgan fingerprint density at radius 1 is 1.29 bits per heavy atom. The Bertz CT molecular complexity index is 477. The molecule has 1 aromatic heterocycles. The zero-order valence-corrected chi connectivity index (χ0v) is 9.10. The van der Waals surface area contributed by atoms with Gasteiger partial charge in [-0.25, -0.2) is 0 Å². The summed E-state index contributed by atoms with van der Waals surface area (Å²) in [5.41, 5.74) is 4.44. The number of aryl methyl sites for hydroxylation is 2. The summed E-state index contributed by atoms with van der Waals surface area (Å²) < 4.78 is 0. The van der Waals surface area contributed by atoms with Crippen LogP contribution in [-0.2, 0) is 5.88 Å². The van der Waals surface area contributed by atoms with E-state index in [1.807, 2.05) is 19.1 Å². The van der Waals surface area contributed by atoms with Crippen molar-refractivity contribution in [3.05, 3.63) is 41.1 Å². The zero-order chi connectivity index (χ0) is 10.1. The second-order valence-corrected chi connectivity index (χ2v) is 3.78. The molecule has 1 heterocycles. The van der Waals surface area contributed by atoms with Gasteiger partial charge in [-0.2, -0.15) is 0 Å². The van der Waals surface area contributed by atoms with Crippen LogP contribution in [0, 0.1) is 13.8 Å². The number of nitrogens with zero attached hydrogens (tertiary/aromatic N) is 1. The minimum absolute atomic E-state index is 0.521. The van der Waals surface area contributed by atoms with Crippen LogP contribution in [0.1, 0.15) is 16.8 Å². The van der Waals surface area contributed by atoms with Crippen LogP contribution in [0.4, 0.5) is 0 Å². The average molecular weight is 206 g/mol. The van der Waals surface area contributed by atoms with E-state index >= 15 is 0 Å². The first-order valence-corrected chi connectivity index (χ1v) is 5.17. The zero-order valence-electron chi connectivity index (χ0n) is 8.34. The molecule has 0 amide bonds. The fraction of sp³-hybridized carbons (Fsp3) is 0.250. The van der Waals surface area contributed by atoms with Gasteiger partial charge in [0.1, 0.15) is 0 Å². The molecular formula is C12H12ClN. The summed E-state index contributed by atoms with van der Waals surface area (Å²) in [6.45, 7) is 4.11. The van der Waals surface area contributed by atoms with Crippen LogP contribution in [0.2, 0.25) is 0 Å². The van der Waals surface area contributed by atoms with Crippen LogP contribution in [0.3, 0.4) is 0 Å². The first-order chi connectivity index (χ1) is 6.72. The molecule has 0 bridgehead atoms. The number of fused-ring (bicyclic) bond motifs is 1. The molecule has 0 aliphatic heterocycles. The van der Waals surface area contributed by atoms with Gasteiger partial charge < -0.3 is 0 Å². The van der Waals surface area contributed by atoms with Crippen molar-refractivity contribution in [1.82, 2.24) is 4.98 Å². The van der Waals surface area contributed by atoms with Crippen LogP contribution < -0.4 is 0 Å². The topological polar surface area (TPSA) is 12.9 Å². The monoisotopic (exact) mass is 205 g/mol. The molecule has 0 fully saturated rings. The van der Waals surface area contributed by atoms with Crippen LogP contribution in [0.25, 0.3) is 10.9 Å². The van der Waals surface area contributed by atoms with Crippen molar-refractivity contribution in [1.29, 1.82) is 0 Å². The van der Waals surface area contributed by atoms with Gasteiger partial charge in [0.05, 0.1) is 5.52 Å². The van der Waals surface area contributed by atoms with Gasteiger partial charge in [0.15, 0.2) is 0 Å². The standard InChI is InChI=1S/C12H12ClN/c1-8-6-10-4-3-5-11(7-13)12(10)14-9(8)2/h3-6H,7H2,1-2H3. The molecule has 2 aromatic rings. The Morgan fingerprint density at radius 2 is 2.07 bits per heavy atom. The number of alkyl halides is 1. The van der Waals surface area contributed by atoms with Crippen molar-refractivity contribution < 1.29 is 0 Å². The van der Waals surface area contributed by atoms with Crippen molar-refractivity contribution in [2.75, 3.05) is 0 Å². The highest BCUT2D eigenvalue weighted by molar-refractivity contribution is 6.17. The van der Waals surface area contributed by atoms with Gasteiger partial charge in [-0.15, -0.1) is 11.6 Å². The quantitative estimate of drug-likeness (QED) is 0.649. The van der Waals surface area contributed by atoms with Crippen molar-refractivity contribution in [2.24, 2.45) is 0 Å². The molecular weight excluding hydrogens is 194 g/mol. The summed E-state index contributed by atoms with van der Waals surface area (Å²) in [7, 11) is 0. The maximum atomic E-state index is 5.86. The van der Waals surface area contributed by atoms with E-state index in [0.29, 0.717) is 5.88 Å². The summed E-state index contributed by atoms with van der Waals surface area (Å²) in [5, 5.41) is 1.17. The van der Waals surface area contributed by atoms with Crippen molar-refractivity contribution in [3.63, 3.8) is 0 Å². The van der Waals surface area contributed by atoms with E-state index < -0.39 is 0 Å². The minimum Gasteiger partial charge on any atom is -0.253 e. The smallest absolute Gasteiger partial charge is 0.0749 e. The van der Waals surface area contributed by atoms with E-state index in [1.165, 1.54) is 10.9 Å². The van der Waals surface area contributed by atoms with Gasteiger partial charge >= 0.3 is 0 Å². The summed E-state index contributed by atoms with van der Waals surface area (Å²) in [6, 6.07) is 8.28. The summed E-state index contributed by atoms with van der Waals surface area (Å²) in [6.07, 6.45) is 0. The van der Waals surface area contributed by atoms with Crippen molar-refractivity contribution >= 4 is 22.5 Å². The molecule has 72 valence electrons. The molecule has 1 aromatic carbocycles. The predicted molar refractivity (Wildman–Crippen MR) is 60.8 cm³/mol. The number of hydrogen-bond acceptors (Lipinski definition) is 1. The number of pyridine rings is 1. The van der Waals surface area contributed by atoms with Gasteiger partial charge in [0.25, 0.3) is 0 Å². The van der Waals surface area contributed by atoms with Crippen LogP contribution in [-0.4, -0.2) is 4.98 Å². The first-order valence-electron chi connectivity index (χ1n) is 4.64. The number of hydrogen-bond donors (Lipinski definition) is 0. The molecule has 1 nitrogen and oxygen atoms in total. The fourth-order valence-electron chi connectivity index (χ4n) is 1.57. The summed E-state index contributed by atoms with van der Waals surface area (Å²) in [5.74, 6) is 0.521. The maximum Gasteiger partial charge on any atom is 0.0749 e. The van der Waals surface area contributed by atoms with Crippen LogP contribution in [0.5, 0.6) is 0 Å². The lowest BCUT2D eigenvalue weighted by Gasteiger charge is -2.05. The Kier molecular flexibility index (Phi) is 2.42. The fourth-order valence-corrected chi connectivity index (χ4v) is 1.78. The molecule has 2 rings (SSSR count). The number of rotatable bonds is 1. The van der Waals surface area contributed by atoms with E-state index in [4.69, 9.17) is 11.6 Å². The number of halogens is 1. The molecule has 0 saturated heterocycles. The third-order valence-corrected chi connectivity index (χ3v) is 2.80. The molecule has 0 spiro atoms. The molecule has 2 heteroatoms. The van der Waals surface area contributed by atoms with Crippen LogP contribution >= 0.6 is 11.6 Å². The molecule has 0 N–H and O–H groups in total. The second kappa shape index (κ2) is 3.58. The largest absolute Gasteiger partial charge is 0.253 e. The molecule has 0 unspecified atom stereocenters. The normalized spacial score (nSPS) is 10.8. The summed E-state index contributed by atoms with van der Waals surface area (Å²) >= 11 is 5.86. The lowest BCUT2D eigenvalue weighted by molar-refractivity contribution is 1.18. The van der Waals surface area contributed by atoms with Gasteiger partial charge in [-0.05, 0) is 31.0 Å². The lowest BCUT2D eigenvalue weighted by atomic mass is 10.1.